The zero-order chi connectivity index (χ0) is 14.0. The number of rotatable bonds is 10. The van der Waals surface area contributed by atoms with Crippen LogP contribution in [0.25, 0.3) is 0 Å². The van der Waals surface area contributed by atoms with Gasteiger partial charge < -0.3 is 18.9 Å². The Morgan fingerprint density at radius 3 is 2.06 bits per heavy atom. The summed E-state index contributed by atoms with van der Waals surface area (Å²) in [6.45, 7) is 10.3. The van der Waals surface area contributed by atoms with E-state index in [1.54, 1.807) is 14.0 Å². The van der Waals surface area contributed by atoms with Gasteiger partial charge in [0.1, 0.15) is 6.10 Å². The Morgan fingerprint density at radius 1 is 1.06 bits per heavy atom. The van der Waals surface area contributed by atoms with Gasteiger partial charge in [0.2, 0.25) is 0 Å². The Balaban J connectivity index is 3.66. The predicted octanol–water partition coefficient (Wildman–Crippen LogP) is 1.56. The standard InChI is InChI=1S/C13H24O5/c1-6-13(14)18-12(4)9-17-11(3)8-16-10(2)7-15-5/h6,10-12H,1,7-9H2,2-5H3. The molecule has 5 heteroatoms. The molecule has 0 aromatic carbocycles. The summed E-state index contributed by atoms with van der Waals surface area (Å²) in [4.78, 5) is 10.9. The number of esters is 1. The molecule has 0 radical (unpaired) electrons. The van der Waals surface area contributed by atoms with E-state index in [0.29, 0.717) is 19.8 Å². The second kappa shape index (κ2) is 10.1. The minimum atomic E-state index is -0.441. The highest BCUT2D eigenvalue weighted by Crippen LogP contribution is 2.00. The zero-order valence-electron chi connectivity index (χ0n) is 11.7. The fourth-order valence-corrected chi connectivity index (χ4v) is 1.21. The van der Waals surface area contributed by atoms with Gasteiger partial charge in [-0.1, -0.05) is 6.58 Å². The molecule has 0 heterocycles. The summed E-state index contributed by atoms with van der Waals surface area (Å²) < 4.78 is 20.9. The van der Waals surface area contributed by atoms with Gasteiger partial charge in [-0.15, -0.1) is 0 Å². The van der Waals surface area contributed by atoms with Crippen LogP contribution >= 0.6 is 0 Å². The van der Waals surface area contributed by atoms with Crippen LogP contribution < -0.4 is 0 Å². The molecule has 0 bridgehead atoms. The van der Waals surface area contributed by atoms with Gasteiger partial charge in [0.25, 0.3) is 0 Å². The monoisotopic (exact) mass is 260 g/mol. The second-order valence-electron chi connectivity index (χ2n) is 4.19. The molecule has 18 heavy (non-hydrogen) atoms. The number of carbonyl (C=O) groups is 1. The van der Waals surface area contributed by atoms with Crippen LogP contribution in [-0.2, 0) is 23.7 Å². The van der Waals surface area contributed by atoms with Crippen molar-refractivity contribution in [2.75, 3.05) is 26.9 Å². The van der Waals surface area contributed by atoms with Crippen LogP contribution in [0.2, 0.25) is 0 Å². The molecule has 106 valence electrons. The highest BCUT2D eigenvalue weighted by atomic mass is 16.6. The first kappa shape index (κ1) is 17.1. The minimum Gasteiger partial charge on any atom is -0.457 e. The van der Waals surface area contributed by atoms with E-state index >= 15 is 0 Å². The molecule has 0 aliphatic carbocycles. The Morgan fingerprint density at radius 2 is 1.56 bits per heavy atom. The van der Waals surface area contributed by atoms with Gasteiger partial charge in [-0.3, -0.25) is 0 Å². The molecule has 0 aliphatic rings. The van der Waals surface area contributed by atoms with Gasteiger partial charge in [0.05, 0.1) is 32.0 Å². The molecule has 0 saturated carbocycles. The number of carbonyl (C=O) groups excluding carboxylic acids is 1. The highest BCUT2D eigenvalue weighted by molar-refractivity contribution is 5.81. The second-order valence-corrected chi connectivity index (χ2v) is 4.19. The van der Waals surface area contributed by atoms with Gasteiger partial charge in [-0.2, -0.15) is 0 Å². The van der Waals surface area contributed by atoms with E-state index in [1.165, 1.54) is 0 Å². The number of hydrogen-bond acceptors (Lipinski definition) is 5. The quantitative estimate of drug-likeness (QED) is 0.441. The van der Waals surface area contributed by atoms with Crippen LogP contribution in [0.3, 0.4) is 0 Å². The zero-order valence-corrected chi connectivity index (χ0v) is 11.7. The maximum absolute atomic E-state index is 10.9. The number of methoxy groups -OCH3 is 1. The predicted molar refractivity (Wildman–Crippen MR) is 68.5 cm³/mol. The molecule has 0 aliphatic heterocycles. The fraction of sp³-hybridized carbons (Fsp3) is 0.769. The number of hydrogen-bond donors (Lipinski definition) is 0. The van der Waals surface area contributed by atoms with Crippen molar-refractivity contribution in [3.63, 3.8) is 0 Å². The lowest BCUT2D eigenvalue weighted by Crippen LogP contribution is -2.27. The van der Waals surface area contributed by atoms with Crippen molar-refractivity contribution in [2.24, 2.45) is 0 Å². The molecule has 0 fully saturated rings. The molecule has 3 unspecified atom stereocenters. The molecular formula is C13H24O5. The van der Waals surface area contributed by atoms with Crippen molar-refractivity contribution >= 4 is 5.97 Å². The average Bonchev–Trinajstić information content (AvgIpc) is 2.34. The summed E-state index contributed by atoms with van der Waals surface area (Å²) in [7, 11) is 1.63. The van der Waals surface area contributed by atoms with Crippen LogP contribution in [-0.4, -0.2) is 51.2 Å². The third-order valence-electron chi connectivity index (χ3n) is 2.12. The first-order valence-electron chi connectivity index (χ1n) is 6.04. The van der Waals surface area contributed by atoms with Crippen LogP contribution in [0, 0.1) is 0 Å². The Kier molecular flexibility index (Phi) is 9.55. The minimum absolute atomic E-state index is 0.0390. The fourth-order valence-electron chi connectivity index (χ4n) is 1.21. The third kappa shape index (κ3) is 9.15. The van der Waals surface area contributed by atoms with Crippen molar-refractivity contribution in [2.45, 2.75) is 39.1 Å². The maximum atomic E-state index is 10.9. The van der Waals surface area contributed by atoms with E-state index < -0.39 is 5.97 Å². The largest absolute Gasteiger partial charge is 0.457 e. The van der Waals surface area contributed by atoms with Gasteiger partial charge in [-0.25, -0.2) is 4.79 Å². The SMILES string of the molecule is C=CC(=O)OC(C)COC(C)COC(C)COC. The topological polar surface area (TPSA) is 54.0 Å². The van der Waals surface area contributed by atoms with Gasteiger partial charge in [0.15, 0.2) is 0 Å². The number of ether oxygens (including phenoxy) is 4. The molecule has 0 amide bonds. The summed E-state index contributed by atoms with van der Waals surface area (Å²) in [6.07, 6.45) is 0.816. The summed E-state index contributed by atoms with van der Waals surface area (Å²) >= 11 is 0. The summed E-state index contributed by atoms with van der Waals surface area (Å²) in [5, 5.41) is 0. The van der Waals surface area contributed by atoms with E-state index in [-0.39, 0.29) is 18.3 Å². The molecule has 0 aromatic rings. The van der Waals surface area contributed by atoms with E-state index in [2.05, 4.69) is 6.58 Å². The molecule has 0 rings (SSSR count). The summed E-state index contributed by atoms with van der Waals surface area (Å²) in [5.41, 5.74) is 0. The van der Waals surface area contributed by atoms with Crippen molar-refractivity contribution < 1.29 is 23.7 Å². The Hall–Kier alpha value is -0.910. The highest BCUT2D eigenvalue weighted by Gasteiger charge is 2.11. The maximum Gasteiger partial charge on any atom is 0.330 e. The van der Waals surface area contributed by atoms with Crippen LogP contribution in [0.4, 0.5) is 0 Å². The third-order valence-corrected chi connectivity index (χ3v) is 2.12. The van der Waals surface area contributed by atoms with E-state index in [1.807, 2.05) is 13.8 Å². The van der Waals surface area contributed by atoms with Crippen molar-refractivity contribution in [3.8, 4) is 0 Å². The lowest BCUT2D eigenvalue weighted by atomic mass is 10.4. The van der Waals surface area contributed by atoms with E-state index in [9.17, 15) is 4.79 Å². The molecular weight excluding hydrogens is 236 g/mol. The van der Waals surface area contributed by atoms with Gasteiger partial charge in [-0.05, 0) is 20.8 Å². The first-order chi connectivity index (χ1) is 8.49. The normalized spacial score (nSPS) is 15.8. The molecule has 0 aromatic heterocycles. The van der Waals surface area contributed by atoms with Crippen LogP contribution in [0.5, 0.6) is 0 Å². The van der Waals surface area contributed by atoms with E-state index in [0.717, 1.165) is 6.08 Å². The Labute approximate surface area is 109 Å². The molecule has 3 atom stereocenters. The van der Waals surface area contributed by atoms with Gasteiger partial charge in [0, 0.05) is 13.2 Å². The average molecular weight is 260 g/mol. The Bertz CT molecular complexity index is 242. The first-order valence-corrected chi connectivity index (χ1v) is 6.04. The van der Waals surface area contributed by atoms with E-state index in [4.69, 9.17) is 18.9 Å². The molecule has 0 saturated heterocycles. The summed E-state index contributed by atoms with van der Waals surface area (Å²) in [5.74, 6) is -0.441. The van der Waals surface area contributed by atoms with Crippen molar-refractivity contribution in [3.05, 3.63) is 12.7 Å². The summed E-state index contributed by atoms with van der Waals surface area (Å²) in [6, 6.07) is 0. The van der Waals surface area contributed by atoms with Crippen LogP contribution in [0.1, 0.15) is 20.8 Å². The van der Waals surface area contributed by atoms with Crippen molar-refractivity contribution in [1.29, 1.82) is 0 Å². The molecule has 0 N–H and O–H groups in total. The molecule has 5 nitrogen and oxygen atoms in total. The lowest BCUT2D eigenvalue weighted by molar-refractivity contribution is -0.147. The van der Waals surface area contributed by atoms with Gasteiger partial charge >= 0.3 is 5.97 Å². The van der Waals surface area contributed by atoms with Crippen LogP contribution in [0.15, 0.2) is 12.7 Å². The lowest BCUT2D eigenvalue weighted by Gasteiger charge is -2.19. The van der Waals surface area contributed by atoms with Crippen molar-refractivity contribution in [1.82, 2.24) is 0 Å². The molecule has 0 spiro atoms. The smallest absolute Gasteiger partial charge is 0.330 e.